The average Bonchev–Trinajstić information content (AvgIpc) is 3.97. The number of aromatic nitrogens is 4. The van der Waals surface area contributed by atoms with Gasteiger partial charge in [0.15, 0.2) is 17.5 Å². The fraction of sp³-hybridized carbons (Fsp3) is 0. The minimum absolute atomic E-state index is 0.566. The van der Waals surface area contributed by atoms with Crippen molar-refractivity contribution >= 4 is 75.3 Å². The van der Waals surface area contributed by atoms with E-state index in [9.17, 15) is 0 Å². The third-order valence-corrected chi connectivity index (χ3v) is 12.3. The van der Waals surface area contributed by atoms with Crippen molar-refractivity contribution in [1.29, 1.82) is 0 Å². The highest BCUT2D eigenvalue weighted by Crippen LogP contribution is 2.45. The van der Waals surface area contributed by atoms with E-state index in [2.05, 4.69) is 120 Å². The van der Waals surface area contributed by atoms with Crippen LogP contribution in [0.4, 0.5) is 0 Å². The van der Waals surface area contributed by atoms with Gasteiger partial charge in [0.1, 0.15) is 11.2 Å². The largest absolute Gasteiger partial charge is 0.455 e. The van der Waals surface area contributed by atoms with Crippen molar-refractivity contribution in [3.63, 3.8) is 0 Å². The number of fused-ring (bicyclic) bond motifs is 10. The van der Waals surface area contributed by atoms with Gasteiger partial charge < -0.3 is 8.98 Å². The molecule has 0 saturated carbocycles. The fourth-order valence-electron chi connectivity index (χ4n) is 8.49. The minimum atomic E-state index is 0.566. The van der Waals surface area contributed by atoms with Gasteiger partial charge in [-0.15, -0.1) is 11.3 Å². The zero-order valence-electron chi connectivity index (χ0n) is 30.4. The maximum atomic E-state index is 6.78. The van der Waals surface area contributed by atoms with Crippen LogP contribution in [0.3, 0.4) is 0 Å². The van der Waals surface area contributed by atoms with Crippen molar-refractivity contribution < 1.29 is 4.42 Å². The molecule has 266 valence electrons. The summed E-state index contributed by atoms with van der Waals surface area (Å²) in [6.45, 7) is 0. The Morgan fingerprint density at radius 1 is 0.439 bits per heavy atom. The second kappa shape index (κ2) is 12.6. The number of thiophene rings is 1. The second-order valence-corrected chi connectivity index (χ2v) is 15.4. The van der Waals surface area contributed by atoms with Crippen LogP contribution in [0.5, 0.6) is 0 Å². The lowest BCUT2D eigenvalue weighted by atomic mass is 9.97. The molecule has 6 heteroatoms. The molecule has 0 bridgehead atoms. The molecule has 0 aliphatic heterocycles. The maximum Gasteiger partial charge on any atom is 0.167 e. The molecule has 12 rings (SSSR count). The van der Waals surface area contributed by atoms with E-state index < -0.39 is 0 Å². The van der Waals surface area contributed by atoms with Gasteiger partial charge in [-0.05, 0) is 53.6 Å². The summed E-state index contributed by atoms with van der Waals surface area (Å²) in [5.41, 5.74) is 10.0. The van der Waals surface area contributed by atoms with Gasteiger partial charge in [0.05, 0.1) is 21.3 Å². The third-order valence-electron chi connectivity index (χ3n) is 11.1. The summed E-state index contributed by atoms with van der Waals surface area (Å²) in [6, 6.07) is 63.7. The Morgan fingerprint density at radius 3 is 1.84 bits per heavy atom. The summed E-state index contributed by atoms with van der Waals surface area (Å²) in [6.07, 6.45) is 0. The molecule has 0 amide bonds. The molecule has 0 aliphatic carbocycles. The van der Waals surface area contributed by atoms with Crippen molar-refractivity contribution in [3.8, 4) is 51.0 Å². The van der Waals surface area contributed by atoms with Crippen LogP contribution < -0.4 is 0 Å². The molecule has 0 fully saturated rings. The normalized spacial score (nSPS) is 11.9. The monoisotopic (exact) mass is 746 g/mol. The Hall–Kier alpha value is -7.41. The van der Waals surface area contributed by atoms with E-state index in [1.54, 1.807) is 0 Å². The van der Waals surface area contributed by atoms with E-state index in [0.29, 0.717) is 17.5 Å². The first kappa shape index (κ1) is 31.9. The van der Waals surface area contributed by atoms with Crippen LogP contribution in [0, 0.1) is 0 Å². The zero-order valence-corrected chi connectivity index (χ0v) is 31.2. The SMILES string of the molecule is c1ccc(-c2nc(-c3ccccc3)nc(-c3cccc4c3oc3cccc(-c5ccc6c(c5)c5ccc7c8ccccc8sc7c5n6-c5ccccc5)c34)n2)cc1. The molecule has 8 aromatic carbocycles. The third kappa shape index (κ3) is 4.98. The molecule has 57 heavy (non-hydrogen) atoms. The Labute approximate surface area is 330 Å². The topological polar surface area (TPSA) is 56.7 Å². The van der Waals surface area contributed by atoms with Crippen LogP contribution in [0.2, 0.25) is 0 Å². The molecule has 0 unspecified atom stereocenters. The number of furan rings is 1. The molecule has 0 saturated heterocycles. The summed E-state index contributed by atoms with van der Waals surface area (Å²) in [4.78, 5) is 15.0. The predicted octanol–water partition coefficient (Wildman–Crippen LogP) is 13.9. The molecule has 12 aromatic rings. The van der Waals surface area contributed by atoms with Gasteiger partial charge in [-0.25, -0.2) is 15.0 Å². The molecule has 5 nitrogen and oxygen atoms in total. The van der Waals surface area contributed by atoms with Crippen molar-refractivity contribution in [3.05, 3.63) is 182 Å². The number of rotatable bonds is 5. The van der Waals surface area contributed by atoms with E-state index in [-0.39, 0.29) is 0 Å². The minimum Gasteiger partial charge on any atom is -0.455 e. The van der Waals surface area contributed by atoms with E-state index in [0.717, 1.165) is 55.4 Å². The van der Waals surface area contributed by atoms with Crippen LogP contribution in [-0.2, 0) is 0 Å². The first-order chi connectivity index (χ1) is 28.3. The Morgan fingerprint density at radius 2 is 1.07 bits per heavy atom. The smallest absolute Gasteiger partial charge is 0.167 e. The Bertz CT molecular complexity index is 3460. The Balaban J connectivity index is 1.08. The quantitative estimate of drug-likeness (QED) is 0.176. The fourth-order valence-corrected chi connectivity index (χ4v) is 9.73. The van der Waals surface area contributed by atoms with E-state index in [1.165, 1.54) is 42.0 Å². The first-order valence-electron chi connectivity index (χ1n) is 19.0. The lowest BCUT2D eigenvalue weighted by Gasteiger charge is -2.09. The van der Waals surface area contributed by atoms with E-state index in [1.807, 2.05) is 78.1 Å². The van der Waals surface area contributed by atoms with Crippen LogP contribution in [0.25, 0.3) is 115 Å². The van der Waals surface area contributed by atoms with Crippen molar-refractivity contribution in [2.45, 2.75) is 0 Å². The molecule has 0 radical (unpaired) electrons. The van der Waals surface area contributed by atoms with Crippen LogP contribution in [0.15, 0.2) is 186 Å². The number of para-hydroxylation sites is 2. The van der Waals surface area contributed by atoms with Crippen molar-refractivity contribution in [2.24, 2.45) is 0 Å². The van der Waals surface area contributed by atoms with Gasteiger partial charge >= 0.3 is 0 Å². The number of hydrogen-bond donors (Lipinski definition) is 0. The predicted molar refractivity (Wildman–Crippen MR) is 236 cm³/mol. The summed E-state index contributed by atoms with van der Waals surface area (Å²) in [7, 11) is 0. The lowest BCUT2D eigenvalue weighted by molar-refractivity contribution is 0.669. The summed E-state index contributed by atoms with van der Waals surface area (Å²) in [5, 5.41) is 7.11. The summed E-state index contributed by atoms with van der Waals surface area (Å²) >= 11 is 1.87. The molecule has 0 aliphatic rings. The van der Waals surface area contributed by atoms with Crippen LogP contribution in [-0.4, -0.2) is 19.5 Å². The van der Waals surface area contributed by atoms with Gasteiger partial charge in [0, 0.05) is 53.8 Å². The first-order valence-corrected chi connectivity index (χ1v) is 19.8. The molecule has 0 N–H and O–H groups in total. The number of benzene rings is 8. The highest BCUT2D eigenvalue weighted by molar-refractivity contribution is 7.26. The highest BCUT2D eigenvalue weighted by Gasteiger charge is 2.22. The zero-order chi connectivity index (χ0) is 37.5. The molecule has 4 aromatic heterocycles. The standard InChI is InChI=1S/C51H30N4OS/c1-4-14-31(15-5-1)49-52-50(32-16-6-2-7-17-32)54-51(53-49)40-23-12-22-39-45-35(21-13-24-43(45)56-47(39)40)33-26-29-42-41(30-33)37-27-28-38-36-20-10-11-25-44(36)57-48(38)46(37)55(42)34-18-8-3-9-19-34/h1-30H. The molecule has 0 atom stereocenters. The average molecular weight is 747 g/mol. The molecular weight excluding hydrogens is 717 g/mol. The van der Waals surface area contributed by atoms with Crippen LogP contribution in [0.1, 0.15) is 0 Å². The molecule has 4 heterocycles. The van der Waals surface area contributed by atoms with E-state index >= 15 is 0 Å². The van der Waals surface area contributed by atoms with Gasteiger partial charge in [0.25, 0.3) is 0 Å². The number of hydrogen-bond acceptors (Lipinski definition) is 5. The lowest BCUT2D eigenvalue weighted by Crippen LogP contribution is -2.00. The van der Waals surface area contributed by atoms with Crippen LogP contribution >= 0.6 is 11.3 Å². The van der Waals surface area contributed by atoms with Crippen molar-refractivity contribution in [1.82, 2.24) is 19.5 Å². The van der Waals surface area contributed by atoms with Gasteiger partial charge in [-0.3, -0.25) is 0 Å². The van der Waals surface area contributed by atoms with Gasteiger partial charge in [0.2, 0.25) is 0 Å². The van der Waals surface area contributed by atoms with Gasteiger partial charge in [-0.1, -0.05) is 140 Å². The van der Waals surface area contributed by atoms with E-state index in [4.69, 9.17) is 19.4 Å². The van der Waals surface area contributed by atoms with Crippen molar-refractivity contribution in [2.75, 3.05) is 0 Å². The number of nitrogens with zero attached hydrogens (tertiary/aromatic N) is 4. The second-order valence-electron chi connectivity index (χ2n) is 14.3. The Kier molecular flexibility index (Phi) is 7.03. The maximum absolute atomic E-state index is 6.78. The molecule has 0 spiro atoms. The van der Waals surface area contributed by atoms with Gasteiger partial charge in [-0.2, -0.15) is 0 Å². The summed E-state index contributed by atoms with van der Waals surface area (Å²) < 4.78 is 11.8. The molecular formula is C51H30N4OS. The highest BCUT2D eigenvalue weighted by atomic mass is 32.1. The summed E-state index contributed by atoms with van der Waals surface area (Å²) in [5.74, 6) is 1.80.